The highest BCUT2D eigenvalue weighted by molar-refractivity contribution is 5.94. The summed E-state index contributed by atoms with van der Waals surface area (Å²) in [6.45, 7) is 7.96. The van der Waals surface area contributed by atoms with Crippen molar-refractivity contribution >= 4 is 11.9 Å². The van der Waals surface area contributed by atoms with E-state index in [0.717, 1.165) is 57.2 Å². The monoisotopic (exact) mass is 549 g/mol. The number of aliphatic carboxylic acids is 1. The Hall–Kier alpha value is -3.50. The van der Waals surface area contributed by atoms with Crippen molar-refractivity contribution in [3.63, 3.8) is 0 Å². The van der Waals surface area contributed by atoms with Crippen molar-refractivity contribution < 1.29 is 14.7 Å². The van der Waals surface area contributed by atoms with E-state index < -0.39 is 5.97 Å². The van der Waals surface area contributed by atoms with E-state index in [-0.39, 0.29) is 18.5 Å². The van der Waals surface area contributed by atoms with E-state index in [9.17, 15) is 14.7 Å². The summed E-state index contributed by atoms with van der Waals surface area (Å²) < 4.78 is 0. The summed E-state index contributed by atoms with van der Waals surface area (Å²) in [6.07, 6.45) is 13.4. The Kier molecular flexibility index (Phi) is 10.9. The highest BCUT2D eigenvalue weighted by Gasteiger charge is 2.29. The van der Waals surface area contributed by atoms with Gasteiger partial charge in [0, 0.05) is 49.0 Å². The highest BCUT2D eigenvalue weighted by Crippen LogP contribution is 2.28. The topological polar surface area (TPSA) is 121 Å². The van der Waals surface area contributed by atoms with Crippen LogP contribution in [-0.4, -0.2) is 83.3 Å². The average Bonchev–Trinajstić information content (AvgIpc) is 3.67. The number of imidazole rings is 2. The van der Waals surface area contributed by atoms with Crippen LogP contribution < -0.4 is 0 Å². The van der Waals surface area contributed by atoms with Crippen LogP contribution in [0.4, 0.5) is 0 Å². The fraction of sp³-hybridized carbons (Fsp3) is 0.533. The molecule has 0 bridgehead atoms. The van der Waals surface area contributed by atoms with Gasteiger partial charge in [0.2, 0.25) is 0 Å². The molecule has 3 aromatic rings. The van der Waals surface area contributed by atoms with Crippen LogP contribution in [0.15, 0.2) is 49.1 Å². The molecule has 4 rings (SSSR count). The molecule has 10 heteroatoms. The van der Waals surface area contributed by atoms with Gasteiger partial charge in [-0.05, 0) is 69.3 Å². The summed E-state index contributed by atoms with van der Waals surface area (Å²) in [6, 6.07) is 8.39. The van der Waals surface area contributed by atoms with Crippen molar-refractivity contribution in [3.05, 3.63) is 71.8 Å². The van der Waals surface area contributed by atoms with E-state index in [4.69, 9.17) is 0 Å². The Morgan fingerprint density at radius 2 is 1.35 bits per heavy atom. The van der Waals surface area contributed by atoms with Gasteiger partial charge in [-0.25, -0.2) is 9.97 Å². The highest BCUT2D eigenvalue weighted by atomic mass is 16.4. The molecule has 0 unspecified atom stereocenters. The predicted molar refractivity (Wildman–Crippen MR) is 153 cm³/mol. The van der Waals surface area contributed by atoms with Gasteiger partial charge in [0.1, 0.15) is 11.6 Å². The van der Waals surface area contributed by atoms with Gasteiger partial charge in [0.05, 0.1) is 19.6 Å². The number of nitrogens with one attached hydrogen (secondary N) is 2. The van der Waals surface area contributed by atoms with Gasteiger partial charge < -0.3 is 24.9 Å². The summed E-state index contributed by atoms with van der Waals surface area (Å²) in [4.78, 5) is 46.3. The van der Waals surface area contributed by atoms with Crippen molar-refractivity contribution in [1.82, 2.24) is 34.6 Å². The number of H-pyrrole nitrogens is 2. The molecule has 2 aromatic heterocycles. The Morgan fingerprint density at radius 3 is 1.80 bits per heavy atom. The van der Waals surface area contributed by atoms with Crippen LogP contribution in [0.5, 0.6) is 0 Å². The first-order valence-electron chi connectivity index (χ1n) is 14.5. The zero-order chi connectivity index (χ0) is 28.3. The van der Waals surface area contributed by atoms with Crippen LogP contribution in [0, 0.1) is 0 Å². The van der Waals surface area contributed by atoms with Crippen LogP contribution in [0.1, 0.15) is 79.9 Å². The Morgan fingerprint density at radius 1 is 0.825 bits per heavy atom. The van der Waals surface area contributed by atoms with Crippen molar-refractivity contribution in [2.75, 3.05) is 19.6 Å². The number of amides is 1. The number of aromatic amines is 2. The lowest BCUT2D eigenvalue weighted by atomic mass is 9.88. The average molecular weight is 550 g/mol. The van der Waals surface area contributed by atoms with Gasteiger partial charge in [-0.1, -0.05) is 26.0 Å². The van der Waals surface area contributed by atoms with E-state index in [1.54, 1.807) is 29.7 Å². The first kappa shape index (κ1) is 29.5. The number of benzene rings is 1. The molecule has 40 heavy (non-hydrogen) atoms. The number of hydrogen-bond acceptors (Lipinski definition) is 6. The van der Waals surface area contributed by atoms with Gasteiger partial charge in [-0.2, -0.15) is 0 Å². The third-order valence-electron chi connectivity index (χ3n) is 7.72. The van der Waals surface area contributed by atoms with Crippen molar-refractivity contribution in [1.29, 1.82) is 0 Å². The van der Waals surface area contributed by atoms with Gasteiger partial charge >= 0.3 is 5.97 Å². The summed E-state index contributed by atoms with van der Waals surface area (Å²) >= 11 is 0. The van der Waals surface area contributed by atoms with Crippen molar-refractivity contribution in [3.8, 4) is 0 Å². The minimum atomic E-state index is -0.806. The molecule has 0 atom stereocenters. The molecule has 1 aliphatic carbocycles. The fourth-order valence-corrected chi connectivity index (χ4v) is 5.83. The number of rotatable bonds is 15. The molecule has 1 fully saturated rings. The molecule has 1 aliphatic rings. The second kappa shape index (κ2) is 14.8. The Balaban J connectivity index is 1.40. The minimum absolute atomic E-state index is 0.0176. The second-order valence-electron chi connectivity index (χ2n) is 10.7. The van der Waals surface area contributed by atoms with Gasteiger partial charge in [0.15, 0.2) is 0 Å². The number of hydrogen-bond donors (Lipinski definition) is 3. The second-order valence-corrected chi connectivity index (χ2v) is 10.7. The number of carboxylic acid groups (broad SMARTS) is 1. The predicted octanol–water partition coefficient (Wildman–Crippen LogP) is 4.30. The summed E-state index contributed by atoms with van der Waals surface area (Å²) in [7, 11) is 0. The van der Waals surface area contributed by atoms with Crippen molar-refractivity contribution in [2.45, 2.75) is 84.1 Å². The quantitative estimate of drug-likeness (QED) is 0.258. The molecule has 3 N–H and O–H groups in total. The number of carbonyl (C=O) groups excluding carboxylic acids is 1. The number of nitrogens with zero attached hydrogens (tertiary/aromatic N) is 5. The van der Waals surface area contributed by atoms with Gasteiger partial charge in [0.25, 0.3) is 5.91 Å². The summed E-state index contributed by atoms with van der Waals surface area (Å²) in [5.74, 6) is 0.467. The first-order chi connectivity index (χ1) is 19.5. The van der Waals surface area contributed by atoms with Gasteiger partial charge in [-0.3, -0.25) is 14.5 Å². The standard InChI is InChI=1S/C30H43N7O3/c1-3-17-35(18-4-2)25-9-11-26(12-10-25)36(22-29(38)39)19-23-5-7-24(8-6-23)30(40)37(20-27-31-13-14-32-27)21-28-33-15-16-34-28/h5-8,13-16,25-26H,3-4,9-12,17-22H2,1-2H3,(H,31,32)(H,33,34)(H,38,39). The summed E-state index contributed by atoms with van der Waals surface area (Å²) in [5.41, 5.74) is 1.57. The zero-order valence-electron chi connectivity index (χ0n) is 23.8. The third kappa shape index (κ3) is 8.25. The van der Waals surface area contributed by atoms with E-state index in [1.165, 1.54) is 0 Å². The van der Waals surface area contributed by atoms with Gasteiger partial charge in [-0.15, -0.1) is 0 Å². The molecule has 1 saturated carbocycles. The summed E-state index contributed by atoms with van der Waals surface area (Å²) in [5, 5.41) is 9.65. The zero-order valence-corrected chi connectivity index (χ0v) is 23.8. The van der Waals surface area contributed by atoms with E-state index >= 15 is 0 Å². The van der Waals surface area contributed by atoms with E-state index in [0.29, 0.717) is 42.9 Å². The van der Waals surface area contributed by atoms with Crippen molar-refractivity contribution in [2.24, 2.45) is 0 Å². The maximum absolute atomic E-state index is 13.5. The largest absolute Gasteiger partial charge is 0.480 e. The fourth-order valence-electron chi connectivity index (χ4n) is 5.83. The number of carbonyl (C=O) groups is 2. The molecule has 0 radical (unpaired) electrons. The normalized spacial score (nSPS) is 17.4. The molecular weight excluding hydrogens is 506 g/mol. The first-order valence-corrected chi connectivity index (χ1v) is 14.5. The number of aromatic nitrogens is 4. The Labute approximate surface area is 236 Å². The number of carboxylic acids is 1. The molecule has 2 heterocycles. The maximum atomic E-state index is 13.5. The molecule has 10 nitrogen and oxygen atoms in total. The maximum Gasteiger partial charge on any atom is 0.317 e. The molecular formula is C30H43N7O3. The Bertz CT molecular complexity index is 1110. The lowest BCUT2D eigenvalue weighted by Gasteiger charge is -2.40. The molecule has 0 aliphatic heterocycles. The van der Waals surface area contributed by atoms with Crippen LogP contribution in [0.25, 0.3) is 0 Å². The molecule has 1 amide bonds. The smallest absolute Gasteiger partial charge is 0.317 e. The molecule has 1 aromatic carbocycles. The SMILES string of the molecule is CCCN(CCC)C1CCC(N(CC(=O)O)Cc2ccc(C(=O)N(Cc3ncc[nH]3)Cc3ncc[nH]3)cc2)CC1. The lowest BCUT2D eigenvalue weighted by molar-refractivity contribution is -0.139. The van der Waals surface area contributed by atoms with E-state index in [2.05, 4.69) is 43.6 Å². The molecule has 216 valence electrons. The third-order valence-corrected chi connectivity index (χ3v) is 7.72. The van der Waals surface area contributed by atoms with E-state index in [1.807, 2.05) is 24.3 Å². The molecule has 0 saturated heterocycles. The van der Waals surface area contributed by atoms with Crippen LogP contribution in [0.2, 0.25) is 0 Å². The van der Waals surface area contributed by atoms with Crippen LogP contribution in [-0.2, 0) is 24.4 Å². The van der Waals surface area contributed by atoms with Crippen LogP contribution >= 0.6 is 0 Å². The molecule has 0 spiro atoms. The lowest BCUT2D eigenvalue weighted by Crippen LogP contribution is -2.45. The minimum Gasteiger partial charge on any atom is -0.480 e. The van der Waals surface area contributed by atoms with Crippen LogP contribution in [0.3, 0.4) is 0 Å².